The van der Waals surface area contributed by atoms with Crippen LogP contribution in [0.3, 0.4) is 0 Å². The number of aromatic nitrogens is 5. The summed E-state index contributed by atoms with van der Waals surface area (Å²) in [5.41, 5.74) is 3.34. The molecule has 1 aromatic carbocycles. The van der Waals surface area contributed by atoms with E-state index >= 15 is 0 Å². The van der Waals surface area contributed by atoms with E-state index < -0.39 is 10.0 Å². The molecule has 5 rings (SSSR count). The Labute approximate surface area is 175 Å². The van der Waals surface area contributed by atoms with Gasteiger partial charge in [-0.05, 0) is 47.8 Å². The monoisotopic (exact) mass is 434 g/mol. The third-order valence-corrected chi connectivity index (χ3v) is 7.15. The van der Waals surface area contributed by atoms with E-state index in [1.807, 2.05) is 30.3 Å². The molecule has 4 heterocycles. The van der Waals surface area contributed by atoms with Gasteiger partial charge in [0.15, 0.2) is 11.5 Å². The van der Waals surface area contributed by atoms with Gasteiger partial charge in [-0.3, -0.25) is 9.71 Å². The van der Waals surface area contributed by atoms with E-state index in [2.05, 4.69) is 25.0 Å². The molecule has 0 unspecified atom stereocenters. The van der Waals surface area contributed by atoms with Crippen LogP contribution < -0.4 is 4.72 Å². The van der Waals surface area contributed by atoms with Crippen LogP contribution in [0.25, 0.3) is 28.3 Å². The Kier molecular flexibility index (Phi) is 4.49. The second kappa shape index (κ2) is 7.32. The Hall–Kier alpha value is -3.63. The normalized spacial score (nSPS) is 11.6. The molecular weight excluding hydrogens is 420 g/mol. The van der Waals surface area contributed by atoms with Crippen molar-refractivity contribution in [1.29, 1.82) is 0 Å². The smallest absolute Gasteiger partial charge is 0.271 e. The maximum absolute atomic E-state index is 12.5. The van der Waals surface area contributed by atoms with Crippen molar-refractivity contribution in [3.8, 4) is 22.6 Å². The third kappa shape index (κ3) is 3.42. The van der Waals surface area contributed by atoms with Gasteiger partial charge in [-0.1, -0.05) is 18.2 Å². The van der Waals surface area contributed by atoms with Crippen LogP contribution in [0.5, 0.6) is 0 Å². The van der Waals surface area contributed by atoms with Crippen LogP contribution in [0, 0.1) is 0 Å². The molecule has 8 nitrogen and oxygen atoms in total. The maximum atomic E-state index is 12.5. The number of thiophene rings is 1. The molecular formula is C20H14N6O2S2. The Bertz CT molecular complexity index is 1430. The Morgan fingerprint density at radius 1 is 0.900 bits per heavy atom. The first-order valence-electron chi connectivity index (χ1n) is 8.90. The maximum Gasteiger partial charge on any atom is 0.271 e. The van der Waals surface area contributed by atoms with E-state index in [1.54, 1.807) is 52.6 Å². The minimum atomic E-state index is -3.62. The number of nitrogens with zero attached hydrogens (tertiary/aromatic N) is 5. The van der Waals surface area contributed by atoms with Crippen LogP contribution in [0.4, 0.5) is 5.69 Å². The number of hydrogen-bond donors (Lipinski definition) is 1. The SMILES string of the molecule is O=S(=O)(Nc1cccc(-c2ccc3nnc(-c4ccncc4)n3n2)c1)c1cccs1. The van der Waals surface area contributed by atoms with Crippen molar-refractivity contribution in [3.05, 3.63) is 78.4 Å². The van der Waals surface area contributed by atoms with Gasteiger partial charge in [0.1, 0.15) is 4.21 Å². The molecule has 10 heteroatoms. The van der Waals surface area contributed by atoms with Crippen LogP contribution in [-0.4, -0.2) is 33.2 Å². The zero-order chi connectivity index (χ0) is 20.6. The lowest BCUT2D eigenvalue weighted by molar-refractivity contribution is 0.603. The van der Waals surface area contributed by atoms with Crippen LogP contribution in [0.15, 0.2) is 82.6 Å². The second-order valence-corrected chi connectivity index (χ2v) is 9.22. The summed E-state index contributed by atoms with van der Waals surface area (Å²) in [6.45, 7) is 0. The molecule has 0 aliphatic carbocycles. The fourth-order valence-electron chi connectivity index (χ4n) is 2.99. The lowest BCUT2D eigenvalue weighted by Gasteiger charge is -2.08. The molecule has 0 fully saturated rings. The number of anilines is 1. The number of fused-ring (bicyclic) bond motifs is 1. The highest BCUT2D eigenvalue weighted by molar-refractivity contribution is 7.94. The second-order valence-electron chi connectivity index (χ2n) is 6.37. The first-order valence-corrected chi connectivity index (χ1v) is 11.3. The molecule has 0 atom stereocenters. The van der Waals surface area contributed by atoms with E-state index in [1.165, 1.54) is 11.3 Å². The third-order valence-electron chi connectivity index (χ3n) is 4.37. The van der Waals surface area contributed by atoms with Gasteiger partial charge in [-0.15, -0.1) is 21.5 Å². The lowest BCUT2D eigenvalue weighted by Crippen LogP contribution is -2.11. The highest BCUT2D eigenvalue weighted by atomic mass is 32.2. The molecule has 5 aromatic rings. The predicted molar refractivity (Wildman–Crippen MR) is 115 cm³/mol. The summed E-state index contributed by atoms with van der Waals surface area (Å²) >= 11 is 1.17. The van der Waals surface area contributed by atoms with Gasteiger partial charge in [-0.2, -0.15) is 9.61 Å². The summed E-state index contributed by atoms with van der Waals surface area (Å²) in [5.74, 6) is 0.601. The molecule has 0 radical (unpaired) electrons. The summed E-state index contributed by atoms with van der Waals surface area (Å²) in [5, 5.41) is 14.8. The largest absolute Gasteiger partial charge is 0.279 e. The average molecular weight is 435 g/mol. The van der Waals surface area contributed by atoms with Crippen molar-refractivity contribution in [2.75, 3.05) is 4.72 Å². The number of nitrogens with one attached hydrogen (secondary N) is 1. The van der Waals surface area contributed by atoms with Crippen LogP contribution in [-0.2, 0) is 10.0 Å². The van der Waals surface area contributed by atoms with Crippen LogP contribution in [0.1, 0.15) is 0 Å². The highest BCUT2D eigenvalue weighted by Crippen LogP contribution is 2.25. The van der Waals surface area contributed by atoms with Crippen molar-refractivity contribution in [2.24, 2.45) is 0 Å². The van der Waals surface area contributed by atoms with E-state index in [9.17, 15) is 8.42 Å². The van der Waals surface area contributed by atoms with Gasteiger partial charge in [0.2, 0.25) is 0 Å². The summed E-state index contributed by atoms with van der Waals surface area (Å²) < 4.78 is 29.6. The van der Waals surface area contributed by atoms with Gasteiger partial charge < -0.3 is 0 Å². The number of sulfonamides is 1. The molecule has 0 spiro atoms. The fourth-order valence-corrected chi connectivity index (χ4v) is 5.03. The van der Waals surface area contributed by atoms with Gasteiger partial charge in [0.05, 0.1) is 5.69 Å². The van der Waals surface area contributed by atoms with Crippen molar-refractivity contribution < 1.29 is 8.42 Å². The number of rotatable bonds is 5. The highest BCUT2D eigenvalue weighted by Gasteiger charge is 2.16. The first-order chi connectivity index (χ1) is 14.6. The van der Waals surface area contributed by atoms with Crippen molar-refractivity contribution in [1.82, 2.24) is 24.8 Å². The summed E-state index contributed by atoms with van der Waals surface area (Å²) in [6, 6.07) is 17.7. The number of benzene rings is 1. The number of hydrogen-bond acceptors (Lipinski definition) is 7. The lowest BCUT2D eigenvalue weighted by atomic mass is 10.1. The zero-order valence-electron chi connectivity index (χ0n) is 15.4. The predicted octanol–water partition coefficient (Wildman–Crippen LogP) is 3.72. The summed E-state index contributed by atoms with van der Waals surface area (Å²) in [6.07, 6.45) is 3.37. The standard InChI is InChI=1S/C20H14N6O2S2/c27-30(28,19-5-2-12-29-19)25-16-4-1-3-15(13-16)17-6-7-18-22-23-20(26(18)24-17)14-8-10-21-11-9-14/h1-13,25H. The van der Waals surface area contributed by atoms with Gasteiger partial charge in [-0.25, -0.2) is 8.42 Å². The minimum absolute atomic E-state index is 0.263. The fraction of sp³-hybridized carbons (Fsp3) is 0. The van der Waals surface area contributed by atoms with Gasteiger partial charge in [0.25, 0.3) is 10.0 Å². The minimum Gasteiger partial charge on any atom is -0.279 e. The molecule has 0 amide bonds. The molecule has 30 heavy (non-hydrogen) atoms. The molecule has 0 aliphatic rings. The molecule has 0 saturated heterocycles. The Morgan fingerprint density at radius 2 is 1.77 bits per heavy atom. The summed E-state index contributed by atoms with van der Waals surface area (Å²) in [7, 11) is -3.62. The van der Waals surface area contributed by atoms with Gasteiger partial charge >= 0.3 is 0 Å². The van der Waals surface area contributed by atoms with Gasteiger partial charge in [0, 0.05) is 29.2 Å². The Morgan fingerprint density at radius 3 is 2.57 bits per heavy atom. The molecule has 4 aromatic heterocycles. The Balaban J connectivity index is 1.52. The van der Waals surface area contributed by atoms with Crippen molar-refractivity contribution >= 4 is 32.7 Å². The average Bonchev–Trinajstić information content (AvgIpc) is 3.44. The topological polar surface area (TPSA) is 102 Å². The van der Waals surface area contributed by atoms with Crippen molar-refractivity contribution in [2.45, 2.75) is 4.21 Å². The summed E-state index contributed by atoms with van der Waals surface area (Å²) in [4.78, 5) is 4.02. The zero-order valence-corrected chi connectivity index (χ0v) is 17.0. The first kappa shape index (κ1) is 18.4. The van der Waals surface area contributed by atoms with Crippen molar-refractivity contribution in [3.63, 3.8) is 0 Å². The van der Waals surface area contributed by atoms with E-state index in [0.29, 0.717) is 22.9 Å². The van der Waals surface area contributed by atoms with E-state index in [-0.39, 0.29) is 4.21 Å². The quantitative estimate of drug-likeness (QED) is 0.452. The molecule has 148 valence electrons. The molecule has 0 bridgehead atoms. The molecule has 1 N–H and O–H groups in total. The molecule has 0 saturated carbocycles. The van der Waals surface area contributed by atoms with E-state index in [4.69, 9.17) is 0 Å². The number of pyridine rings is 1. The van der Waals surface area contributed by atoms with Crippen LogP contribution >= 0.6 is 11.3 Å². The van der Waals surface area contributed by atoms with Crippen LogP contribution in [0.2, 0.25) is 0 Å². The van der Waals surface area contributed by atoms with E-state index in [0.717, 1.165) is 11.1 Å². The molecule has 0 aliphatic heterocycles.